The minimum atomic E-state index is -0.618. The second-order valence-electron chi connectivity index (χ2n) is 9.31. The molecule has 1 aromatic heterocycles. The first-order valence-corrected chi connectivity index (χ1v) is 11.9. The molecular weight excluding hydrogens is 434 g/mol. The van der Waals surface area contributed by atoms with Gasteiger partial charge in [-0.2, -0.15) is 0 Å². The lowest BCUT2D eigenvalue weighted by molar-refractivity contribution is -0.145. The second-order valence-corrected chi connectivity index (χ2v) is 9.31. The first-order valence-electron chi connectivity index (χ1n) is 11.9. The third-order valence-electron chi connectivity index (χ3n) is 7.09. The topological polar surface area (TPSA) is 89.2 Å². The number of carbonyl (C=O) groups is 1. The maximum Gasteiger partial charge on any atom is 0.260 e. The number of para-hydroxylation sites is 1. The van der Waals surface area contributed by atoms with E-state index in [1.54, 1.807) is 42.2 Å². The highest BCUT2D eigenvalue weighted by molar-refractivity contribution is 5.80. The third kappa shape index (κ3) is 4.40. The van der Waals surface area contributed by atoms with Crippen LogP contribution >= 0.6 is 0 Å². The molecule has 178 valence electrons. The van der Waals surface area contributed by atoms with Crippen molar-refractivity contribution in [3.8, 4) is 17.2 Å². The summed E-state index contributed by atoms with van der Waals surface area (Å²) >= 11 is 0. The van der Waals surface area contributed by atoms with E-state index in [0.29, 0.717) is 47.7 Å². The van der Waals surface area contributed by atoms with Crippen molar-refractivity contribution in [1.82, 2.24) is 4.90 Å². The van der Waals surface area contributed by atoms with E-state index in [0.717, 1.165) is 25.7 Å². The van der Waals surface area contributed by atoms with Crippen LogP contribution in [0.2, 0.25) is 0 Å². The van der Waals surface area contributed by atoms with Crippen LogP contribution in [0.15, 0.2) is 57.7 Å². The Balaban J connectivity index is 1.27. The predicted octanol–water partition coefficient (Wildman–Crippen LogP) is 4.43. The Bertz CT molecular complexity index is 1250. The fourth-order valence-corrected chi connectivity index (χ4v) is 5.12. The van der Waals surface area contributed by atoms with E-state index in [1.807, 2.05) is 18.2 Å². The first-order chi connectivity index (χ1) is 16.4. The number of benzene rings is 2. The van der Waals surface area contributed by atoms with Crippen LogP contribution in [0.4, 0.5) is 0 Å². The van der Waals surface area contributed by atoms with Crippen molar-refractivity contribution in [3.63, 3.8) is 0 Å². The number of ether oxygens (including phenoxy) is 2. The van der Waals surface area contributed by atoms with E-state index < -0.39 is 5.60 Å². The number of likely N-dealkylation sites (tertiary alicyclic amines) is 1. The van der Waals surface area contributed by atoms with E-state index in [2.05, 4.69) is 0 Å². The zero-order valence-electron chi connectivity index (χ0n) is 19.3. The van der Waals surface area contributed by atoms with Crippen LogP contribution in [-0.2, 0) is 4.79 Å². The van der Waals surface area contributed by atoms with Crippen molar-refractivity contribution < 1.29 is 23.8 Å². The number of aryl methyl sites for hydroxylation is 1. The van der Waals surface area contributed by atoms with E-state index in [4.69, 9.17) is 13.9 Å². The normalized spacial score (nSPS) is 22.3. The molecule has 1 saturated heterocycles. The van der Waals surface area contributed by atoms with Gasteiger partial charge in [-0.15, -0.1) is 0 Å². The number of aliphatic hydroxyl groups is 1. The molecule has 0 spiro atoms. The fourth-order valence-electron chi connectivity index (χ4n) is 5.12. The highest BCUT2D eigenvalue weighted by Gasteiger charge is 2.43. The smallest absolute Gasteiger partial charge is 0.260 e. The lowest BCUT2D eigenvalue weighted by atomic mass is 9.71. The lowest BCUT2D eigenvalue weighted by Gasteiger charge is -2.47. The molecule has 1 amide bonds. The van der Waals surface area contributed by atoms with Crippen LogP contribution in [-0.4, -0.2) is 41.2 Å². The Hall–Kier alpha value is -3.32. The molecule has 1 aliphatic heterocycles. The van der Waals surface area contributed by atoms with Crippen LogP contribution in [0.3, 0.4) is 0 Å². The number of nitrogens with zero attached hydrogens (tertiary/aromatic N) is 1. The molecule has 0 unspecified atom stereocenters. The average molecular weight is 464 g/mol. The van der Waals surface area contributed by atoms with Gasteiger partial charge < -0.3 is 23.9 Å². The molecule has 7 heteroatoms. The largest absolute Gasteiger partial charge is 0.484 e. The molecule has 1 saturated carbocycles. The average Bonchev–Trinajstić information content (AvgIpc) is 2.85. The number of hydrogen-bond acceptors (Lipinski definition) is 6. The summed E-state index contributed by atoms with van der Waals surface area (Å²) in [7, 11) is 0. The summed E-state index contributed by atoms with van der Waals surface area (Å²) in [6.45, 7) is 2.70. The van der Waals surface area contributed by atoms with Gasteiger partial charge in [0.25, 0.3) is 5.91 Å². The molecule has 2 aliphatic rings. The molecule has 34 heavy (non-hydrogen) atoms. The zero-order chi connectivity index (χ0) is 23.7. The van der Waals surface area contributed by atoms with Crippen LogP contribution in [0.5, 0.6) is 17.2 Å². The molecule has 7 nitrogen and oxygen atoms in total. The number of amides is 1. The molecule has 5 rings (SSSR count). The number of rotatable bonds is 5. The van der Waals surface area contributed by atoms with Gasteiger partial charge in [0.1, 0.15) is 22.8 Å². The summed E-state index contributed by atoms with van der Waals surface area (Å²) in [5.74, 6) is 1.56. The number of carbonyl (C=O) groups excluding carboxylic acids is 1. The molecular formula is C27H29NO6. The van der Waals surface area contributed by atoms with Crippen LogP contribution < -0.4 is 14.9 Å². The molecule has 0 bridgehead atoms. The van der Waals surface area contributed by atoms with Gasteiger partial charge in [-0.25, -0.2) is 0 Å². The lowest BCUT2D eigenvalue weighted by Crippen LogP contribution is -2.55. The predicted molar refractivity (Wildman–Crippen MR) is 127 cm³/mol. The maximum atomic E-state index is 13.0. The van der Waals surface area contributed by atoms with E-state index >= 15 is 0 Å². The molecule has 2 heterocycles. The monoisotopic (exact) mass is 463 g/mol. The second kappa shape index (κ2) is 9.14. The van der Waals surface area contributed by atoms with Crippen molar-refractivity contribution in [1.29, 1.82) is 0 Å². The van der Waals surface area contributed by atoms with Crippen LogP contribution in [0.1, 0.15) is 37.9 Å². The summed E-state index contributed by atoms with van der Waals surface area (Å²) in [6, 6.07) is 14.0. The van der Waals surface area contributed by atoms with Gasteiger partial charge in [0.2, 0.25) is 11.2 Å². The summed E-state index contributed by atoms with van der Waals surface area (Å²) in [5, 5.41) is 11.2. The zero-order valence-corrected chi connectivity index (χ0v) is 19.3. The van der Waals surface area contributed by atoms with Crippen molar-refractivity contribution in [3.05, 3.63) is 64.5 Å². The first kappa shape index (κ1) is 22.5. The highest BCUT2D eigenvalue weighted by Crippen LogP contribution is 2.39. The van der Waals surface area contributed by atoms with Crippen molar-refractivity contribution >= 4 is 16.9 Å². The minimum absolute atomic E-state index is 0.100. The Morgan fingerprint density at radius 3 is 2.79 bits per heavy atom. The molecule has 1 N–H and O–H groups in total. The fraction of sp³-hybridized carbons (Fsp3) is 0.407. The molecule has 2 fully saturated rings. The standard InChI is InChI=1S/C27H29NO6/c1-18-26(34-20-8-3-2-4-9-20)25(30)22-11-10-21(15-23(22)33-18)32-17-24(29)28-14-13-27(31)12-6-5-7-19(27)16-28/h2-4,8-11,15,19,31H,5-7,12-14,16-17H2,1H3/t19-,27-/m1/s1. The van der Waals surface area contributed by atoms with Gasteiger partial charge in [0, 0.05) is 25.1 Å². The summed E-state index contributed by atoms with van der Waals surface area (Å²) < 4.78 is 17.4. The van der Waals surface area contributed by atoms with Gasteiger partial charge in [-0.05, 0) is 50.5 Å². The van der Waals surface area contributed by atoms with Gasteiger partial charge in [0.05, 0.1) is 11.0 Å². The number of piperidine rings is 1. The Morgan fingerprint density at radius 2 is 1.97 bits per heavy atom. The Morgan fingerprint density at radius 1 is 1.15 bits per heavy atom. The minimum Gasteiger partial charge on any atom is -0.484 e. The molecule has 0 radical (unpaired) electrons. The maximum absolute atomic E-state index is 13.0. The van der Waals surface area contributed by atoms with Crippen molar-refractivity contribution in [2.24, 2.45) is 5.92 Å². The molecule has 1 aliphatic carbocycles. The van der Waals surface area contributed by atoms with Gasteiger partial charge >= 0.3 is 0 Å². The van der Waals surface area contributed by atoms with E-state index in [-0.39, 0.29) is 29.6 Å². The van der Waals surface area contributed by atoms with Gasteiger partial charge in [-0.1, -0.05) is 31.0 Å². The molecule has 2 atom stereocenters. The summed E-state index contributed by atoms with van der Waals surface area (Å²) in [4.78, 5) is 27.5. The molecule has 2 aromatic carbocycles. The van der Waals surface area contributed by atoms with Gasteiger partial charge in [-0.3, -0.25) is 9.59 Å². The summed E-state index contributed by atoms with van der Waals surface area (Å²) in [5.41, 5.74) is -0.510. The van der Waals surface area contributed by atoms with Crippen molar-refractivity contribution in [2.75, 3.05) is 19.7 Å². The van der Waals surface area contributed by atoms with Crippen LogP contribution in [0.25, 0.3) is 11.0 Å². The van der Waals surface area contributed by atoms with E-state index in [1.165, 1.54) is 0 Å². The SMILES string of the molecule is Cc1oc2cc(OCC(=O)N3CC[C@]4(O)CCCC[C@@H]4C3)ccc2c(=O)c1Oc1ccccc1. The number of fused-ring (bicyclic) bond motifs is 2. The summed E-state index contributed by atoms with van der Waals surface area (Å²) in [6.07, 6.45) is 4.57. The number of hydrogen-bond donors (Lipinski definition) is 1. The Labute approximate surface area is 197 Å². The quantitative estimate of drug-likeness (QED) is 0.602. The van der Waals surface area contributed by atoms with Crippen LogP contribution in [0, 0.1) is 12.8 Å². The Kier molecular flexibility index (Phi) is 6.04. The van der Waals surface area contributed by atoms with Crippen molar-refractivity contribution in [2.45, 2.75) is 44.6 Å². The van der Waals surface area contributed by atoms with Gasteiger partial charge in [0.15, 0.2) is 6.61 Å². The molecule has 3 aromatic rings. The highest BCUT2D eigenvalue weighted by atomic mass is 16.5. The third-order valence-corrected chi connectivity index (χ3v) is 7.09. The van der Waals surface area contributed by atoms with E-state index in [9.17, 15) is 14.7 Å².